The molecule has 0 radical (unpaired) electrons. The molecule has 1 amide bonds. The van der Waals surface area contributed by atoms with Crippen LogP contribution < -0.4 is 10.1 Å². The molecule has 0 spiro atoms. The van der Waals surface area contributed by atoms with Crippen molar-refractivity contribution in [3.05, 3.63) is 50.1 Å². The Morgan fingerprint density at radius 3 is 2.75 bits per heavy atom. The number of nitrogens with zero attached hydrogens (tertiary/aromatic N) is 1. The van der Waals surface area contributed by atoms with Crippen molar-refractivity contribution >= 4 is 55.1 Å². The Bertz CT molecular complexity index is 665. The summed E-state index contributed by atoms with van der Waals surface area (Å²) in [5.74, 6) is 0.272. The van der Waals surface area contributed by atoms with Gasteiger partial charge >= 0.3 is 0 Å². The summed E-state index contributed by atoms with van der Waals surface area (Å²) in [6, 6.07) is 6.75. The van der Waals surface area contributed by atoms with E-state index in [1.54, 1.807) is 31.4 Å². The molecule has 0 aliphatic carbocycles. The van der Waals surface area contributed by atoms with E-state index in [0.717, 1.165) is 8.95 Å². The predicted molar refractivity (Wildman–Crippen MR) is 85.6 cm³/mol. The van der Waals surface area contributed by atoms with Crippen molar-refractivity contribution in [1.29, 1.82) is 0 Å². The minimum absolute atomic E-state index is 0.158. The minimum Gasteiger partial charge on any atom is -0.495 e. The molecule has 1 aromatic carbocycles. The summed E-state index contributed by atoms with van der Waals surface area (Å²) in [6.07, 6.45) is 1.53. The lowest BCUT2D eigenvalue weighted by Gasteiger charge is -2.11. The first-order valence-corrected chi connectivity index (χ1v) is 7.44. The summed E-state index contributed by atoms with van der Waals surface area (Å²) in [5, 5.41) is 2.92. The van der Waals surface area contributed by atoms with Gasteiger partial charge in [-0.3, -0.25) is 4.79 Å². The van der Waals surface area contributed by atoms with Crippen LogP contribution in [-0.4, -0.2) is 18.0 Å². The van der Waals surface area contributed by atoms with Crippen LogP contribution in [0.3, 0.4) is 0 Å². The van der Waals surface area contributed by atoms with Gasteiger partial charge < -0.3 is 10.1 Å². The number of pyridine rings is 1. The fourth-order valence-corrected chi connectivity index (χ4v) is 2.99. The molecule has 0 saturated heterocycles. The fraction of sp³-hybridized carbons (Fsp3) is 0.0769. The zero-order valence-corrected chi connectivity index (χ0v) is 14.2. The van der Waals surface area contributed by atoms with E-state index in [9.17, 15) is 4.79 Å². The Morgan fingerprint density at radius 2 is 2.10 bits per heavy atom. The molecule has 2 aromatic rings. The zero-order chi connectivity index (χ0) is 14.7. The summed E-state index contributed by atoms with van der Waals surface area (Å²) in [4.78, 5) is 16.0. The molecule has 20 heavy (non-hydrogen) atoms. The van der Waals surface area contributed by atoms with Gasteiger partial charge in [0.25, 0.3) is 5.91 Å². The van der Waals surface area contributed by atoms with Crippen molar-refractivity contribution in [2.45, 2.75) is 0 Å². The zero-order valence-electron chi connectivity index (χ0n) is 10.3. The Morgan fingerprint density at radius 1 is 1.35 bits per heavy atom. The van der Waals surface area contributed by atoms with Gasteiger partial charge in [0.15, 0.2) is 0 Å². The third kappa shape index (κ3) is 3.31. The summed E-state index contributed by atoms with van der Waals surface area (Å²) >= 11 is 12.6. The second-order valence-electron chi connectivity index (χ2n) is 3.76. The van der Waals surface area contributed by atoms with Crippen LogP contribution in [0.1, 0.15) is 10.4 Å². The first-order valence-electron chi connectivity index (χ1n) is 5.48. The molecular formula is C13H9Br2ClN2O2. The van der Waals surface area contributed by atoms with Crippen molar-refractivity contribution in [2.24, 2.45) is 0 Å². The second-order valence-corrected chi connectivity index (χ2v) is 5.83. The highest BCUT2D eigenvalue weighted by Gasteiger charge is 2.14. The van der Waals surface area contributed by atoms with Crippen LogP contribution in [-0.2, 0) is 0 Å². The third-order valence-corrected chi connectivity index (χ3v) is 4.07. The molecule has 104 valence electrons. The maximum absolute atomic E-state index is 12.2. The molecule has 7 heteroatoms. The number of benzene rings is 1. The summed E-state index contributed by atoms with van der Waals surface area (Å²) < 4.78 is 6.70. The van der Waals surface area contributed by atoms with Gasteiger partial charge in [-0.15, -0.1) is 0 Å². The number of hydrogen-bond donors (Lipinski definition) is 1. The molecule has 1 heterocycles. The van der Waals surface area contributed by atoms with Crippen molar-refractivity contribution in [3.63, 3.8) is 0 Å². The Kier molecular flexibility index (Phi) is 5.01. The Hall–Kier alpha value is -1.11. The number of anilines is 1. The quantitative estimate of drug-likeness (QED) is 0.743. The topological polar surface area (TPSA) is 51.2 Å². The molecule has 4 nitrogen and oxygen atoms in total. The van der Waals surface area contributed by atoms with Crippen molar-refractivity contribution in [1.82, 2.24) is 4.98 Å². The van der Waals surface area contributed by atoms with Crippen molar-refractivity contribution < 1.29 is 9.53 Å². The normalized spacial score (nSPS) is 10.2. The van der Waals surface area contributed by atoms with Gasteiger partial charge in [0, 0.05) is 16.7 Å². The van der Waals surface area contributed by atoms with E-state index in [1.807, 2.05) is 0 Å². The van der Waals surface area contributed by atoms with Crippen LogP contribution in [0.4, 0.5) is 5.69 Å². The molecule has 1 aromatic heterocycles. The van der Waals surface area contributed by atoms with Gasteiger partial charge in [0.2, 0.25) is 0 Å². The molecule has 0 aliphatic heterocycles. The maximum Gasteiger partial charge on any atom is 0.258 e. The van der Waals surface area contributed by atoms with Crippen LogP contribution in [0.15, 0.2) is 39.4 Å². The summed E-state index contributed by atoms with van der Waals surface area (Å²) in [7, 11) is 1.55. The summed E-state index contributed by atoms with van der Waals surface area (Å²) in [5.41, 5.74) is 0.887. The number of nitrogens with one attached hydrogen (secondary N) is 1. The molecule has 0 fully saturated rings. The molecular weight excluding hydrogens is 411 g/mol. The Balaban J connectivity index is 2.31. The van der Waals surface area contributed by atoms with Crippen LogP contribution in [0.2, 0.25) is 5.15 Å². The van der Waals surface area contributed by atoms with E-state index in [-0.39, 0.29) is 11.1 Å². The number of ether oxygens (including phenoxy) is 1. The van der Waals surface area contributed by atoms with Crippen LogP contribution >= 0.6 is 43.5 Å². The second kappa shape index (κ2) is 6.56. The first kappa shape index (κ1) is 15.3. The summed E-state index contributed by atoms with van der Waals surface area (Å²) in [6.45, 7) is 0. The lowest BCUT2D eigenvalue weighted by molar-refractivity contribution is 0.102. The molecule has 1 N–H and O–H groups in total. The van der Waals surface area contributed by atoms with Crippen LogP contribution in [0.5, 0.6) is 5.75 Å². The first-order chi connectivity index (χ1) is 9.52. The maximum atomic E-state index is 12.2. The molecule has 0 aliphatic rings. The van der Waals surface area contributed by atoms with E-state index < -0.39 is 0 Å². The average molecular weight is 420 g/mol. The monoisotopic (exact) mass is 418 g/mol. The molecule has 0 bridgehead atoms. The Labute approximate surface area is 137 Å². The van der Waals surface area contributed by atoms with Gasteiger partial charge in [0.05, 0.1) is 22.8 Å². The smallest absolute Gasteiger partial charge is 0.258 e. The van der Waals surface area contributed by atoms with Gasteiger partial charge in [-0.05, 0) is 50.1 Å². The number of halogens is 3. The fourth-order valence-electron chi connectivity index (χ4n) is 1.53. The largest absolute Gasteiger partial charge is 0.495 e. The van der Waals surface area contributed by atoms with Gasteiger partial charge in [0.1, 0.15) is 10.9 Å². The minimum atomic E-state index is -0.340. The predicted octanol–water partition coefficient (Wildman–Crippen LogP) is 4.52. The van der Waals surface area contributed by atoms with Gasteiger partial charge in [-0.2, -0.15) is 0 Å². The standard InChI is InChI=1S/C13H9Br2ClN2O2/c1-20-11-6-10(8(14)5-9(11)15)18-13(19)7-3-2-4-17-12(7)16/h2-6H,1H3,(H,18,19). The average Bonchev–Trinajstić information content (AvgIpc) is 2.42. The molecule has 0 unspecified atom stereocenters. The van der Waals surface area contributed by atoms with E-state index in [2.05, 4.69) is 42.2 Å². The van der Waals surface area contributed by atoms with E-state index in [1.165, 1.54) is 6.20 Å². The number of hydrogen-bond acceptors (Lipinski definition) is 3. The van der Waals surface area contributed by atoms with Gasteiger partial charge in [-0.1, -0.05) is 11.6 Å². The number of methoxy groups -OCH3 is 1. The molecule has 0 saturated carbocycles. The van der Waals surface area contributed by atoms with E-state index in [0.29, 0.717) is 17.0 Å². The van der Waals surface area contributed by atoms with E-state index in [4.69, 9.17) is 16.3 Å². The number of aromatic nitrogens is 1. The van der Waals surface area contributed by atoms with Crippen molar-refractivity contribution in [2.75, 3.05) is 12.4 Å². The van der Waals surface area contributed by atoms with E-state index >= 15 is 0 Å². The van der Waals surface area contributed by atoms with Crippen LogP contribution in [0.25, 0.3) is 0 Å². The highest BCUT2D eigenvalue weighted by Crippen LogP contribution is 2.34. The number of amides is 1. The van der Waals surface area contributed by atoms with Crippen molar-refractivity contribution in [3.8, 4) is 5.75 Å². The third-order valence-electron chi connectivity index (χ3n) is 2.49. The number of carbonyl (C=O) groups excluding carboxylic acids is 1. The molecule has 0 atom stereocenters. The van der Waals surface area contributed by atoms with Gasteiger partial charge in [-0.25, -0.2) is 4.98 Å². The highest BCUT2D eigenvalue weighted by molar-refractivity contribution is 9.11. The molecule has 2 rings (SSSR count). The lowest BCUT2D eigenvalue weighted by atomic mass is 10.2. The lowest BCUT2D eigenvalue weighted by Crippen LogP contribution is -2.13. The number of rotatable bonds is 3. The SMILES string of the molecule is COc1cc(NC(=O)c2cccnc2Cl)c(Br)cc1Br. The van der Waals surface area contributed by atoms with Crippen LogP contribution in [0, 0.1) is 0 Å². The highest BCUT2D eigenvalue weighted by atomic mass is 79.9. The number of carbonyl (C=O) groups is 1.